The van der Waals surface area contributed by atoms with Crippen LogP contribution in [0.3, 0.4) is 0 Å². The molecule has 0 radical (unpaired) electrons. The molecular weight excluding hydrogens is 394 g/mol. The van der Waals surface area contributed by atoms with E-state index in [9.17, 15) is 9.59 Å². The Labute approximate surface area is 177 Å². The largest absolute Gasteiger partial charge is 0.448 e. The number of para-hydroxylation sites is 2. The molecule has 0 aliphatic carbocycles. The van der Waals surface area contributed by atoms with E-state index in [1.807, 2.05) is 54.7 Å². The van der Waals surface area contributed by atoms with Crippen LogP contribution < -0.4 is 5.56 Å². The molecule has 0 aliphatic rings. The number of hydrogen-bond acceptors (Lipinski definition) is 5. The highest BCUT2D eigenvalue weighted by Gasteiger charge is 2.17. The predicted molar refractivity (Wildman–Crippen MR) is 116 cm³/mol. The van der Waals surface area contributed by atoms with Gasteiger partial charge in [0.1, 0.15) is 17.6 Å². The molecule has 0 spiro atoms. The topological polar surface area (TPSA) is 86.2 Å². The summed E-state index contributed by atoms with van der Waals surface area (Å²) in [7, 11) is 1.69. The van der Waals surface area contributed by atoms with Gasteiger partial charge < -0.3 is 9.32 Å². The van der Waals surface area contributed by atoms with Crippen LogP contribution in [0, 0.1) is 0 Å². The highest BCUT2D eigenvalue weighted by Crippen LogP contribution is 2.24. The summed E-state index contributed by atoms with van der Waals surface area (Å²) >= 11 is 0. The fourth-order valence-electron chi connectivity index (χ4n) is 3.52. The maximum absolute atomic E-state index is 12.8. The van der Waals surface area contributed by atoms with Crippen molar-refractivity contribution in [2.45, 2.75) is 13.1 Å². The second-order valence-electron chi connectivity index (χ2n) is 7.33. The third-order valence-corrected chi connectivity index (χ3v) is 5.16. The number of aromatic nitrogens is 4. The Bertz CT molecular complexity index is 1450. The van der Waals surface area contributed by atoms with Crippen LogP contribution in [0.1, 0.15) is 5.56 Å². The molecule has 3 heterocycles. The van der Waals surface area contributed by atoms with Crippen molar-refractivity contribution in [2.75, 3.05) is 7.05 Å². The van der Waals surface area contributed by atoms with Gasteiger partial charge in [0.15, 0.2) is 0 Å². The van der Waals surface area contributed by atoms with Crippen molar-refractivity contribution >= 4 is 28.0 Å². The lowest BCUT2D eigenvalue weighted by molar-refractivity contribution is -0.131. The van der Waals surface area contributed by atoms with Gasteiger partial charge in [0, 0.05) is 30.7 Å². The number of hydrogen-bond donors (Lipinski definition) is 0. The van der Waals surface area contributed by atoms with Crippen molar-refractivity contribution < 1.29 is 9.21 Å². The van der Waals surface area contributed by atoms with E-state index in [1.165, 1.54) is 10.9 Å². The predicted octanol–water partition coefficient (Wildman–Crippen LogP) is 2.99. The zero-order valence-corrected chi connectivity index (χ0v) is 16.8. The molecule has 2 aromatic carbocycles. The number of rotatable bonds is 5. The molecule has 5 aromatic rings. The van der Waals surface area contributed by atoms with Gasteiger partial charge in [-0.15, -0.1) is 0 Å². The monoisotopic (exact) mass is 413 g/mol. The number of carbonyl (C=O) groups excluding carboxylic acids is 1. The molecule has 0 saturated heterocycles. The van der Waals surface area contributed by atoms with Gasteiger partial charge in [-0.3, -0.25) is 14.2 Å². The number of nitrogens with zero attached hydrogens (tertiary/aromatic N) is 5. The van der Waals surface area contributed by atoms with E-state index in [-0.39, 0.29) is 23.6 Å². The van der Waals surface area contributed by atoms with E-state index in [0.717, 1.165) is 16.6 Å². The summed E-state index contributed by atoms with van der Waals surface area (Å²) in [5, 5.41) is 5.13. The zero-order chi connectivity index (χ0) is 21.4. The molecule has 154 valence electrons. The lowest BCUT2D eigenvalue weighted by Gasteiger charge is -2.16. The van der Waals surface area contributed by atoms with E-state index in [0.29, 0.717) is 17.6 Å². The maximum atomic E-state index is 12.8. The Morgan fingerprint density at radius 3 is 2.71 bits per heavy atom. The molecule has 0 unspecified atom stereocenters. The first-order valence-electron chi connectivity index (χ1n) is 9.80. The second-order valence-corrected chi connectivity index (χ2v) is 7.33. The van der Waals surface area contributed by atoms with Gasteiger partial charge in [-0.1, -0.05) is 30.3 Å². The fraction of sp³-hybridized carbons (Fsp3) is 0.130. The highest BCUT2D eigenvalue weighted by molar-refractivity contribution is 6.01. The zero-order valence-electron chi connectivity index (χ0n) is 16.8. The summed E-state index contributed by atoms with van der Waals surface area (Å²) in [6.45, 7) is 0.253. The molecule has 0 N–H and O–H groups in total. The lowest BCUT2D eigenvalue weighted by Crippen LogP contribution is -2.33. The molecule has 0 fully saturated rings. The molecule has 0 bridgehead atoms. The Morgan fingerprint density at radius 1 is 1.10 bits per heavy atom. The lowest BCUT2D eigenvalue weighted by atomic mass is 10.2. The molecule has 31 heavy (non-hydrogen) atoms. The van der Waals surface area contributed by atoms with Crippen LogP contribution in [0.25, 0.3) is 27.8 Å². The molecule has 8 heteroatoms. The summed E-state index contributed by atoms with van der Waals surface area (Å²) in [5.74, 6) is -0.216. The number of fused-ring (bicyclic) bond motifs is 3. The van der Waals surface area contributed by atoms with Crippen molar-refractivity contribution in [3.63, 3.8) is 0 Å². The molecule has 3 aromatic heterocycles. The van der Waals surface area contributed by atoms with Gasteiger partial charge >= 0.3 is 0 Å². The van der Waals surface area contributed by atoms with Crippen molar-refractivity contribution in [3.05, 3.63) is 89.2 Å². The highest BCUT2D eigenvalue weighted by atomic mass is 16.3. The average molecular weight is 413 g/mol. The van der Waals surface area contributed by atoms with Gasteiger partial charge in [-0.05, 0) is 24.3 Å². The quantitative estimate of drug-likeness (QED) is 0.442. The smallest absolute Gasteiger partial charge is 0.297 e. The third-order valence-electron chi connectivity index (χ3n) is 5.16. The Morgan fingerprint density at radius 2 is 1.87 bits per heavy atom. The molecule has 8 nitrogen and oxygen atoms in total. The number of likely N-dealkylation sites (N-methyl/N-ethyl adjacent to an activating group) is 1. The molecule has 0 saturated carbocycles. The minimum atomic E-state index is -0.375. The number of carbonyl (C=O) groups is 1. The summed E-state index contributed by atoms with van der Waals surface area (Å²) in [6.07, 6.45) is 5.00. The molecule has 0 atom stereocenters. The fourth-order valence-corrected chi connectivity index (χ4v) is 3.52. The van der Waals surface area contributed by atoms with E-state index in [1.54, 1.807) is 28.9 Å². The normalized spacial score (nSPS) is 11.3. The van der Waals surface area contributed by atoms with E-state index in [2.05, 4.69) is 10.1 Å². The number of amides is 1. The van der Waals surface area contributed by atoms with Crippen molar-refractivity contribution in [1.29, 1.82) is 0 Å². The van der Waals surface area contributed by atoms with Crippen LogP contribution in [0.5, 0.6) is 0 Å². The van der Waals surface area contributed by atoms with Gasteiger partial charge in [-0.25, -0.2) is 9.67 Å². The maximum Gasteiger partial charge on any atom is 0.297 e. The molecule has 0 aliphatic heterocycles. The standard InChI is InChI=1S/C23H19N5O3/c1-26(12-16-11-25-28(13-16)17-7-3-2-4-8-17)20(29)14-27-15-24-21-18-9-5-6-10-19(18)31-22(21)23(27)30/h2-11,13,15H,12,14H2,1H3. The van der Waals surface area contributed by atoms with Crippen molar-refractivity contribution in [2.24, 2.45) is 0 Å². The van der Waals surface area contributed by atoms with Crippen LogP contribution in [0.2, 0.25) is 0 Å². The Hall–Kier alpha value is -4.20. The molecule has 5 rings (SSSR count). The van der Waals surface area contributed by atoms with Crippen molar-refractivity contribution in [1.82, 2.24) is 24.2 Å². The van der Waals surface area contributed by atoms with Crippen LogP contribution >= 0.6 is 0 Å². The van der Waals surface area contributed by atoms with E-state index >= 15 is 0 Å². The Kier molecular flexibility index (Phi) is 4.59. The SMILES string of the molecule is CN(Cc1cnn(-c2ccccc2)c1)C(=O)Cn1cnc2c(oc3ccccc32)c1=O. The molecular formula is C23H19N5O3. The summed E-state index contributed by atoms with van der Waals surface area (Å²) < 4.78 is 8.71. The van der Waals surface area contributed by atoms with Crippen LogP contribution in [-0.4, -0.2) is 37.2 Å². The number of benzene rings is 2. The van der Waals surface area contributed by atoms with E-state index in [4.69, 9.17) is 4.42 Å². The van der Waals surface area contributed by atoms with E-state index < -0.39 is 0 Å². The van der Waals surface area contributed by atoms with Crippen LogP contribution in [0.15, 0.2) is 82.5 Å². The number of furan rings is 1. The Balaban J connectivity index is 1.33. The first-order chi connectivity index (χ1) is 15.1. The van der Waals surface area contributed by atoms with Crippen LogP contribution in [0.4, 0.5) is 0 Å². The summed E-state index contributed by atoms with van der Waals surface area (Å²) in [5.41, 5.74) is 2.71. The van der Waals surface area contributed by atoms with Crippen molar-refractivity contribution in [3.8, 4) is 5.69 Å². The first kappa shape index (κ1) is 18.8. The minimum absolute atomic E-state index is 0.123. The average Bonchev–Trinajstić information content (AvgIpc) is 3.41. The third kappa shape index (κ3) is 3.48. The molecule has 1 amide bonds. The first-order valence-corrected chi connectivity index (χ1v) is 9.80. The summed E-state index contributed by atoms with van der Waals surface area (Å²) in [6, 6.07) is 17.1. The van der Waals surface area contributed by atoms with Gasteiger partial charge in [-0.2, -0.15) is 5.10 Å². The van der Waals surface area contributed by atoms with Gasteiger partial charge in [0.05, 0.1) is 18.2 Å². The minimum Gasteiger partial charge on any atom is -0.448 e. The second kappa shape index (κ2) is 7.56. The summed E-state index contributed by atoms with van der Waals surface area (Å²) in [4.78, 5) is 31.5. The van der Waals surface area contributed by atoms with Gasteiger partial charge in [0.2, 0.25) is 11.5 Å². The van der Waals surface area contributed by atoms with Crippen LogP contribution in [-0.2, 0) is 17.9 Å². The van der Waals surface area contributed by atoms with Gasteiger partial charge in [0.25, 0.3) is 5.56 Å².